The van der Waals surface area contributed by atoms with E-state index in [0.29, 0.717) is 11.6 Å². The highest BCUT2D eigenvalue weighted by Gasteiger charge is 2.52. The first-order valence-corrected chi connectivity index (χ1v) is 6.25. The Labute approximate surface area is 116 Å². The van der Waals surface area contributed by atoms with E-state index in [4.69, 9.17) is 18.9 Å². The number of carbonyl (C=O) groups excluding carboxylic acids is 1. The average Bonchev–Trinajstić information content (AvgIpc) is 2.74. The minimum atomic E-state index is -0.773. The molecule has 0 bridgehead atoms. The van der Waals surface area contributed by atoms with Crippen LogP contribution in [0.25, 0.3) is 0 Å². The molecule has 0 aromatic carbocycles. The number of nitrogens with one attached hydrogen (secondary N) is 1. The molecule has 2 saturated heterocycles. The summed E-state index contributed by atoms with van der Waals surface area (Å²) in [7, 11) is 2.72. The third-order valence-electron chi connectivity index (χ3n) is 3.28. The fraction of sp³-hybridized carbons (Fsp3) is 0.909. The van der Waals surface area contributed by atoms with Crippen molar-refractivity contribution in [1.82, 2.24) is 10.3 Å². The summed E-state index contributed by atoms with van der Waals surface area (Å²) in [5.41, 5.74) is 0. The molecule has 2 heterocycles. The fourth-order valence-corrected chi connectivity index (χ4v) is 2.27. The highest BCUT2D eigenvalue weighted by molar-refractivity contribution is 5.73. The van der Waals surface area contributed by atoms with E-state index in [-0.39, 0.29) is 6.10 Å². The van der Waals surface area contributed by atoms with Gasteiger partial charge in [-0.15, -0.1) is 4.91 Å². The van der Waals surface area contributed by atoms with Gasteiger partial charge in [0.25, 0.3) is 0 Å². The zero-order valence-corrected chi connectivity index (χ0v) is 11.9. The molecule has 2 fully saturated rings. The Kier molecular flexibility index (Phi) is 4.23. The molecule has 0 radical (unpaired) electrons. The van der Waals surface area contributed by atoms with Gasteiger partial charge in [0.15, 0.2) is 12.1 Å². The lowest BCUT2D eigenvalue weighted by atomic mass is 10.1. The standard InChI is InChI=1S/C11H19N3O6/c1-11(2)18-5-6-8(20-11)7(9(17-4)19-6)12-10(15)14(3)13-16/h6-9H,5H2,1-4H3,(H,12,15). The van der Waals surface area contributed by atoms with Crippen molar-refractivity contribution < 1.29 is 23.7 Å². The van der Waals surface area contributed by atoms with E-state index in [1.807, 2.05) is 0 Å². The normalized spacial score (nSPS) is 35.2. The van der Waals surface area contributed by atoms with Crippen molar-refractivity contribution in [3.63, 3.8) is 0 Å². The monoisotopic (exact) mass is 289 g/mol. The largest absolute Gasteiger partial charge is 0.354 e. The Morgan fingerprint density at radius 3 is 2.80 bits per heavy atom. The van der Waals surface area contributed by atoms with Crippen molar-refractivity contribution in [2.45, 2.75) is 44.2 Å². The summed E-state index contributed by atoms with van der Waals surface area (Å²) in [6.07, 6.45) is -1.44. The van der Waals surface area contributed by atoms with Crippen molar-refractivity contribution in [2.24, 2.45) is 5.29 Å². The summed E-state index contributed by atoms with van der Waals surface area (Å²) >= 11 is 0. The minimum absolute atomic E-state index is 0.339. The summed E-state index contributed by atoms with van der Waals surface area (Å²) in [5.74, 6) is -0.773. The average molecular weight is 289 g/mol. The van der Waals surface area contributed by atoms with Crippen LogP contribution < -0.4 is 5.32 Å². The van der Waals surface area contributed by atoms with Gasteiger partial charge in [-0.05, 0) is 13.8 Å². The number of urea groups is 1. The summed E-state index contributed by atoms with van der Waals surface area (Å²) in [4.78, 5) is 22.1. The molecule has 0 aromatic rings. The first-order valence-electron chi connectivity index (χ1n) is 6.25. The number of nitrogens with zero attached hydrogens (tertiary/aromatic N) is 2. The maximum absolute atomic E-state index is 11.8. The zero-order chi connectivity index (χ0) is 14.9. The Morgan fingerprint density at radius 2 is 2.20 bits per heavy atom. The number of nitroso groups, excluding NO2 is 1. The summed E-state index contributed by atoms with van der Waals surface area (Å²) in [6, 6.07) is -1.20. The van der Waals surface area contributed by atoms with E-state index in [2.05, 4.69) is 10.6 Å². The van der Waals surface area contributed by atoms with Crippen LogP contribution in [0.5, 0.6) is 0 Å². The smallest absolute Gasteiger partial charge is 0.340 e. The van der Waals surface area contributed by atoms with Crippen molar-refractivity contribution in [3.05, 3.63) is 4.91 Å². The van der Waals surface area contributed by atoms with Crippen molar-refractivity contribution in [1.29, 1.82) is 0 Å². The Balaban J connectivity index is 2.11. The number of hydrogen-bond acceptors (Lipinski definition) is 7. The number of rotatable bonds is 3. The van der Waals surface area contributed by atoms with Crippen molar-refractivity contribution in [3.8, 4) is 0 Å². The van der Waals surface area contributed by atoms with Gasteiger partial charge in [-0.3, -0.25) is 0 Å². The number of carbonyl (C=O) groups is 1. The topological polar surface area (TPSA) is 98.7 Å². The Bertz CT molecular complexity index is 390. The molecule has 1 N–H and O–H groups in total. The zero-order valence-electron chi connectivity index (χ0n) is 11.9. The van der Waals surface area contributed by atoms with E-state index in [0.717, 1.165) is 0 Å². The van der Waals surface area contributed by atoms with Crippen LogP contribution in [-0.4, -0.2) is 62.1 Å². The van der Waals surface area contributed by atoms with E-state index < -0.39 is 30.3 Å². The molecule has 2 aliphatic rings. The van der Waals surface area contributed by atoms with Gasteiger partial charge in [0, 0.05) is 14.2 Å². The molecule has 2 rings (SSSR count). The number of amides is 2. The maximum atomic E-state index is 11.8. The lowest BCUT2D eigenvalue weighted by Gasteiger charge is -2.38. The van der Waals surface area contributed by atoms with Crippen molar-refractivity contribution >= 4 is 6.03 Å². The van der Waals surface area contributed by atoms with Crippen LogP contribution in [0.1, 0.15) is 13.8 Å². The van der Waals surface area contributed by atoms with Crippen LogP contribution in [0, 0.1) is 4.91 Å². The van der Waals surface area contributed by atoms with Gasteiger partial charge in [-0.1, -0.05) is 0 Å². The van der Waals surface area contributed by atoms with Gasteiger partial charge >= 0.3 is 6.03 Å². The molecular weight excluding hydrogens is 270 g/mol. The maximum Gasteiger partial charge on any atom is 0.340 e. The van der Waals surface area contributed by atoms with Gasteiger partial charge in [-0.2, -0.15) is 5.01 Å². The fourth-order valence-electron chi connectivity index (χ4n) is 2.27. The van der Waals surface area contributed by atoms with E-state index in [1.54, 1.807) is 13.8 Å². The van der Waals surface area contributed by atoms with Gasteiger partial charge in [-0.25, -0.2) is 4.79 Å². The highest BCUT2D eigenvalue weighted by atomic mass is 16.8. The van der Waals surface area contributed by atoms with Gasteiger partial charge in [0.1, 0.15) is 18.2 Å². The van der Waals surface area contributed by atoms with Crippen LogP contribution in [0.2, 0.25) is 0 Å². The van der Waals surface area contributed by atoms with Crippen LogP contribution >= 0.6 is 0 Å². The molecule has 114 valence electrons. The van der Waals surface area contributed by atoms with Gasteiger partial charge < -0.3 is 24.3 Å². The lowest BCUT2D eigenvalue weighted by Crippen LogP contribution is -2.56. The predicted molar refractivity (Wildman–Crippen MR) is 66.5 cm³/mol. The Morgan fingerprint density at radius 1 is 1.50 bits per heavy atom. The van der Waals surface area contributed by atoms with Gasteiger partial charge in [0.2, 0.25) is 0 Å². The van der Waals surface area contributed by atoms with E-state index in [9.17, 15) is 9.70 Å². The number of hydrogen-bond donors (Lipinski definition) is 1. The quantitative estimate of drug-likeness (QED) is 0.588. The third-order valence-corrected chi connectivity index (χ3v) is 3.28. The first kappa shape index (κ1) is 15.1. The van der Waals surface area contributed by atoms with Crippen LogP contribution in [0.15, 0.2) is 5.29 Å². The molecule has 9 nitrogen and oxygen atoms in total. The third kappa shape index (κ3) is 2.90. The van der Waals surface area contributed by atoms with Crippen LogP contribution in [0.3, 0.4) is 0 Å². The highest BCUT2D eigenvalue weighted by Crippen LogP contribution is 2.33. The number of ether oxygens (including phenoxy) is 4. The predicted octanol–water partition coefficient (Wildman–Crippen LogP) is 0.201. The van der Waals surface area contributed by atoms with E-state index >= 15 is 0 Å². The second kappa shape index (κ2) is 5.60. The second-order valence-electron chi connectivity index (χ2n) is 5.15. The van der Waals surface area contributed by atoms with Crippen LogP contribution in [-0.2, 0) is 18.9 Å². The molecule has 0 saturated carbocycles. The Hall–Kier alpha value is -1.29. The van der Waals surface area contributed by atoms with E-state index in [1.165, 1.54) is 14.2 Å². The molecule has 0 aromatic heterocycles. The van der Waals surface area contributed by atoms with Crippen LogP contribution in [0.4, 0.5) is 4.79 Å². The number of fused-ring (bicyclic) bond motifs is 1. The molecule has 2 aliphatic heterocycles. The molecule has 2 amide bonds. The molecular formula is C11H19N3O6. The minimum Gasteiger partial charge on any atom is -0.354 e. The van der Waals surface area contributed by atoms with Crippen molar-refractivity contribution in [2.75, 3.05) is 20.8 Å². The van der Waals surface area contributed by atoms with Gasteiger partial charge in [0.05, 0.1) is 11.9 Å². The molecule has 0 spiro atoms. The molecule has 20 heavy (non-hydrogen) atoms. The summed E-state index contributed by atoms with van der Waals surface area (Å²) < 4.78 is 22.1. The molecule has 9 heteroatoms. The first-order chi connectivity index (χ1) is 9.38. The molecule has 4 atom stereocenters. The summed E-state index contributed by atoms with van der Waals surface area (Å²) in [5, 5.41) is 5.83. The SMILES string of the molecule is COC1OC2COC(C)(C)OC2C1NC(=O)N(C)N=O. The summed E-state index contributed by atoms with van der Waals surface area (Å²) in [6.45, 7) is 3.90. The lowest BCUT2D eigenvalue weighted by molar-refractivity contribution is -0.296. The number of methoxy groups -OCH3 is 1. The second-order valence-corrected chi connectivity index (χ2v) is 5.15. The molecule has 0 aliphatic carbocycles. The molecule has 4 unspecified atom stereocenters.